The Labute approximate surface area is 222 Å². The Balaban J connectivity index is 1.31. The third-order valence-corrected chi connectivity index (χ3v) is 8.95. The second-order valence-electron chi connectivity index (χ2n) is 9.33. The first-order valence-corrected chi connectivity index (χ1v) is 14.3. The van der Waals surface area contributed by atoms with Crippen molar-refractivity contribution in [3.63, 3.8) is 0 Å². The number of morpholine rings is 1. The fourth-order valence-electron chi connectivity index (χ4n) is 5.00. The van der Waals surface area contributed by atoms with Crippen LogP contribution in [0, 0.1) is 0 Å². The van der Waals surface area contributed by atoms with E-state index < -0.39 is 10.0 Å². The van der Waals surface area contributed by atoms with Gasteiger partial charge in [0.1, 0.15) is 17.2 Å². The molecule has 3 N–H and O–H groups in total. The highest BCUT2D eigenvalue weighted by Gasteiger charge is 2.32. The number of sulfonamides is 1. The minimum absolute atomic E-state index is 0.201. The van der Waals surface area contributed by atoms with Crippen molar-refractivity contribution < 1.29 is 22.6 Å². The number of hydrogen-bond donors (Lipinski definition) is 3. The van der Waals surface area contributed by atoms with Crippen LogP contribution in [-0.2, 0) is 19.5 Å². The Morgan fingerprint density at radius 2 is 1.89 bits per heavy atom. The largest absolute Gasteiger partial charge is 0.495 e. The van der Waals surface area contributed by atoms with Gasteiger partial charge in [0, 0.05) is 58.1 Å². The van der Waals surface area contributed by atoms with E-state index in [1.165, 1.54) is 7.11 Å². The smallest absolute Gasteiger partial charge is 0.243 e. The van der Waals surface area contributed by atoms with Crippen LogP contribution in [-0.4, -0.2) is 105 Å². The minimum Gasteiger partial charge on any atom is -0.495 e. The summed E-state index contributed by atoms with van der Waals surface area (Å²) < 4.78 is 44.6. The molecule has 0 spiro atoms. The maximum atomic E-state index is 13.5. The van der Waals surface area contributed by atoms with Gasteiger partial charge < -0.3 is 29.8 Å². The minimum atomic E-state index is -3.65. The Morgan fingerprint density at radius 1 is 1.11 bits per heavy atom. The van der Waals surface area contributed by atoms with Crippen LogP contribution in [0.3, 0.4) is 0 Å². The zero-order valence-corrected chi connectivity index (χ0v) is 22.6. The van der Waals surface area contributed by atoms with Crippen LogP contribution in [0.15, 0.2) is 35.4 Å². The van der Waals surface area contributed by atoms with Gasteiger partial charge >= 0.3 is 0 Å². The highest BCUT2D eigenvalue weighted by atomic mass is 32.2. The van der Waals surface area contributed by atoms with Gasteiger partial charge in [0.15, 0.2) is 0 Å². The highest BCUT2D eigenvalue weighted by molar-refractivity contribution is 7.89. The Bertz CT molecular complexity index is 1340. The molecule has 2 aromatic heterocycles. The number of methoxy groups -OCH3 is 2. The summed E-state index contributed by atoms with van der Waals surface area (Å²) in [6.45, 7) is 5.43. The molecule has 3 aromatic rings. The van der Waals surface area contributed by atoms with Gasteiger partial charge in [-0.3, -0.25) is 4.90 Å². The van der Waals surface area contributed by atoms with E-state index >= 15 is 0 Å². The fourth-order valence-corrected chi connectivity index (χ4v) is 6.48. The molecule has 1 aromatic carbocycles. The number of piperidine rings is 1. The number of rotatable bonds is 10. The van der Waals surface area contributed by atoms with E-state index in [1.54, 1.807) is 35.8 Å². The van der Waals surface area contributed by atoms with Crippen molar-refractivity contribution in [2.24, 2.45) is 0 Å². The van der Waals surface area contributed by atoms with Crippen LogP contribution in [0.2, 0.25) is 0 Å². The molecule has 13 heteroatoms. The second-order valence-corrected chi connectivity index (χ2v) is 11.3. The monoisotopic (exact) mass is 545 g/mol. The number of aromatic nitrogens is 3. The number of aromatic amines is 1. The number of hydrogen-bond acceptors (Lipinski definition) is 10. The van der Waals surface area contributed by atoms with E-state index in [0.717, 1.165) is 44.5 Å². The molecular formula is C25H35N7O5S. The summed E-state index contributed by atoms with van der Waals surface area (Å²) in [4.78, 5) is 14.9. The van der Waals surface area contributed by atoms with Gasteiger partial charge in [-0.1, -0.05) is 0 Å². The first kappa shape index (κ1) is 26.6. The van der Waals surface area contributed by atoms with Crippen molar-refractivity contribution in [2.75, 3.05) is 77.4 Å². The van der Waals surface area contributed by atoms with E-state index in [2.05, 4.69) is 30.5 Å². The molecule has 0 unspecified atom stereocenters. The zero-order valence-electron chi connectivity index (χ0n) is 21.8. The number of nitrogens with one attached hydrogen (secondary N) is 3. The maximum absolute atomic E-state index is 13.5. The van der Waals surface area contributed by atoms with Crippen molar-refractivity contribution in [3.05, 3.63) is 30.5 Å². The van der Waals surface area contributed by atoms with E-state index in [9.17, 15) is 8.42 Å². The number of nitrogens with zero attached hydrogens (tertiary/aromatic N) is 4. The first-order chi connectivity index (χ1) is 18.5. The second kappa shape index (κ2) is 11.8. The first-order valence-electron chi connectivity index (χ1n) is 12.8. The number of ether oxygens (including phenoxy) is 3. The quantitative estimate of drug-likeness (QED) is 0.326. The SMILES string of the molecule is COCCNc1nc(Nc2ccc(S(=O)(=O)N3CCC(N4CCOCC4)CC3)cc2OC)nc2[nH]ccc12. The van der Waals surface area contributed by atoms with Crippen molar-refractivity contribution in [1.29, 1.82) is 0 Å². The highest BCUT2D eigenvalue weighted by Crippen LogP contribution is 2.33. The van der Waals surface area contributed by atoms with Crippen molar-refractivity contribution in [1.82, 2.24) is 24.2 Å². The normalized spacial score (nSPS) is 18.1. The Kier molecular flexibility index (Phi) is 8.29. The molecule has 0 atom stereocenters. The number of anilines is 3. The van der Waals surface area contributed by atoms with Crippen molar-refractivity contribution in [3.8, 4) is 5.75 Å². The summed E-state index contributed by atoms with van der Waals surface area (Å²) in [6.07, 6.45) is 3.43. The molecule has 2 aliphatic heterocycles. The lowest BCUT2D eigenvalue weighted by Crippen LogP contribution is -2.50. The molecular weight excluding hydrogens is 510 g/mol. The molecule has 5 rings (SSSR count). The standard InChI is InChI=1S/C25H35N7O5S/c1-35-14-9-27-24-20-5-8-26-23(20)29-25(30-24)28-21-4-3-19(17-22(21)36-2)38(33,34)32-10-6-18(7-11-32)31-12-15-37-16-13-31/h3-5,8,17-18H,6-7,9-16H2,1-2H3,(H3,26,27,28,29,30). The Morgan fingerprint density at radius 3 is 2.63 bits per heavy atom. The molecule has 4 heterocycles. The van der Waals surface area contributed by atoms with Gasteiger partial charge in [-0.2, -0.15) is 14.3 Å². The van der Waals surface area contributed by atoms with Crippen LogP contribution >= 0.6 is 0 Å². The molecule has 206 valence electrons. The van der Waals surface area contributed by atoms with Crippen LogP contribution in [0.4, 0.5) is 17.5 Å². The zero-order chi connectivity index (χ0) is 26.5. The Hall–Kier alpha value is -2.97. The molecule has 2 fully saturated rings. The summed E-state index contributed by atoms with van der Waals surface area (Å²) in [5.74, 6) is 1.40. The van der Waals surface area contributed by atoms with E-state index in [0.29, 0.717) is 61.1 Å². The van der Waals surface area contributed by atoms with E-state index in [1.807, 2.05) is 6.07 Å². The predicted octanol–water partition coefficient (Wildman–Crippen LogP) is 2.25. The lowest BCUT2D eigenvalue weighted by atomic mass is 10.0. The summed E-state index contributed by atoms with van der Waals surface area (Å²) in [5.41, 5.74) is 1.23. The van der Waals surface area contributed by atoms with Crippen molar-refractivity contribution in [2.45, 2.75) is 23.8 Å². The lowest BCUT2D eigenvalue weighted by Gasteiger charge is -2.39. The van der Waals surface area contributed by atoms with Crippen LogP contribution in [0.5, 0.6) is 5.75 Å². The average Bonchev–Trinajstić information content (AvgIpc) is 3.43. The number of fused-ring (bicyclic) bond motifs is 1. The van der Waals surface area contributed by atoms with E-state index in [-0.39, 0.29) is 4.90 Å². The van der Waals surface area contributed by atoms with Gasteiger partial charge in [0.25, 0.3) is 0 Å². The van der Waals surface area contributed by atoms with Crippen LogP contribution < -0.4 is 15.4 Å². The molecule has 0 radical (unpaired) electrons. The summed E-state index contributed by atoms with van der Waals surface area (Å²) in [6, 6.07) is 7.14. The van der Waals surface area contributed by atoms with Crippen LogP contribution in [0.1, 0.15) is 12.8 Å². The lowest BCUT2D eigenvalue weighted by molar-refractivity contribution is 0.00610. The number of benzene rings is 1. The van der Waals surface area contributed by atoms with Crippen molar-refractivity contribution >= 4 is 38.5 Å². The van der Waals surface area contributed by atoms with Gasteiger partial charge in [-0.05, 0) is 31.0 Å². The average molecular weight is 546 g/mol. The summed E-state index contributed by atoms with van der Waals surface area (Å²) in [5, 5.41) is 7.29. The molecule has 0 bridgehead atoms. The molecule has 38 heavy (non-hydrogen) atoms. The molecule has 2 aliphatic rings. The molecule has 2 saturated heterocycles. The predicted molar refractivity (Wildman–Crippen MR) is 145 cm³/mol. The third-order valence-electron chi connectivity index (χ3n) is 7.06. The molecule has 0 saturated carbocycles. The van der Waals surface area contributed by atoms with Gasteiger partial charge in [-0.25, -0.2) is 8.42 Å². The van der Waals surface area contributed by atoms with Gasteiger partial charge in [0.2, 0.25) is 16.0 Å². The fraction of sp³-hybridized carbons (Fsp3) is 0.520. The van der Waals surface area contributed by atoms with Gasteiger partial charge in [0.05, 0.1) is 42.9 Å². The molecule has 12 nitrogen and oxygen atoms in total. The summed E-state index contributed by atoms with van der Waals surface area (Å²) in [7, 11) is -0.501. The van der Waals surface area contributed by atoms with Gasteiger partial charge in [-0.15, -0.1) is 0 Å². The maximum Gasteiger partial charge on any atom is 0.243 e. The number of H-pyrrole nitrogens is 1. The topological polar surface area (TPSA) is 134 Å². The summed E-state index contributed by atoms with van der Waals surface area (Å²) >= 11 is 0. The van der Waals surface area contributed by atoms with E-state index in [4.69, 9.17) is 14.2 Å². The molecule has 0 aliphatic carbocycles. The molecule has 0 amide bonds. The van der Waals surface area contributed by atoms with Crippen LogP contribution in [0.25, 0.3) is 11.0 Å². The third kappa shape index (κ3) is 5.71.